The third-order valence-corrected chi connectivity index (χ3v) is 6.36. The minimum absolute atomic E-state index is 0.0272. The third kappa shape index (κ3) is 4.44. The second-order valence-electron chi connectivity index (χ2n) is 8.77. The molecule has 0 saturated carbocycles. The lowest BCUT2D eigenvalue weighted by molar-refractivity contribution is -0.121. The maximum absolute atomic E-state index is 13.5. The number of nitrogens with one attached hydrogen (secondary N) is 1. The van der Waals surface area contributed by atoms with Crippen molar-refractivity contribution in [2.45, 2.75) is 38.8 Å². The van der Waals surface area contributed by atoms with E-state index >= 15 is 0 Å². The summed E-state index contributed by atoms with van der Waals surface area (Å²) in [6.07, 6.45) is 2.24. The van der Waals surface area contributed by atoms with Crippen LogP contribution < -0.4 is 10.2 Å². The predicted molar refractivity (Wildman–Crippen MR) is 134 cm³/mol. The van der Waals surface area contributed by atoms with Gasteiger partial charge < -0.3 is 14.8 Å². The number of amides is 2. The molecule has 1 aliphatic rings. The zero-order valence-electron chi connectivity index (χ0n) is 19.3. The van der Waals surface area contributed by atoms with Crippen LogP contribution >= 0.6 is 0 Å². The summed E-state index contributed by atoms with van der Waals surface area (Å²) in [5.41, 5.74) is 4.86. The Bertz CT molecular complexity index is 1330. The van der Waals surface area contributed by atoms with Gasteiger partial charge in [0.2, 0.25) is 11.8 Å². The monoisotopic (exact) mass is 452 g/mol. The number of imidazole rings is 1. The van der Waals surface area contributed by atoms with E-state index in [0.717, 1.165) is 35.1 Å². The van der Waals surface area contributed by atoms with Crippen molar-refractivity contribution >= 4 is 28.5 Å². The van der Waals surface area contributed by atoms with Crippen molar-refractivity contribution in [3.8, 4) is 0 Å². The highest BCUT2D eigenvalue weighted by Gasteiger charge is 2.25. The van der Waals surface area contributed by atoms with Crippen molar-refractivity contribution in [3.05, 3.63) is 95.8 Å². The van der Waals surface area contributed by atoms with E-state index in [1.165, 1.54) is 5.56 Å². The Morgan fingerprint density at radius 3 is 2.56 bits per heavy atom. The Labute approximate surface area is 199 Å². The largest absolute Gasteiger partial charge is 0.346 e. The van der Waals surface area contributed by atoms with Crippen molar-refractivity contribution in [1.29, 1.82) is 0 Å². The van der Waals surface area contributed by atoms with Crippen LogP contribution in [0.5, 0.6) is 0 Å². The zero-order chi connectivity index (χ0) is 23.5. The number of para-hydroxylation sites is 3. The van der Waals surface area contributed by atoms with Gasteiger partial charge in [0.1, 0.15) is 12.4 Å². The summed E-state index contributed by atoms with van der Waals surface area (Å²) in [7, 11) is 0. The molecule has 34 heavy (non-hydrogen) atoms. The van der Waals surface area contributed by atoms with Crippen LogP contribution in [0.3, 0.4) is 0 Å². The molecule has 0 fully saturated rings. The number of benzene rings is 3. The number of fused-ring (bicyclic) bond motifs is 2. The lowest BCUT2D eigenvalue weighted by atomic mass is 10.0. The predicted octanol–water partition coefficient (Wildman–Crippen LogP) is 4.44. The van der Waals surface area contributed by atoms with Gasteiger partial charge >= 0.3 is 0 Å². The second-order valence-corrected chi connectivity index (χ2v) is 8.77. The van der Waals surface area contributed by atoms with E-state index in [2.05, 4.69) is 11.4 Å². The Morgan fingerprint density at radius 1 is 0.971 bits per heavy atom. The first-order chi connectivity index (χ1) is 16.6. The summed E-state index contributed by atoms with van der Waals surface area (Å²) in [6, 6.07) is 25.2. The molecule has 1 unspecified atom stereocenters. The Kier molecular flexibility index (Phi) is 6.12. The van der Waals surface area contributed by atoms with Crippen LogP contribution in [0, 0.1) is 0 Å². The number of carbonyl (C=O) groups is 2. The topological polar surface area (TPSA) is 67.2 Å². The van der Waals surface area contributed by atoms with Gasteiger partial charge in [-0.25, -0.2) is 4.98 Å². The van der Waals surface area contributed by atoms with Gasteiger partial charge in [-0.05, 0) is 49.1 Å². The smallest absolute Gasteiger partial charge is 0.246 e. The fourth-order valence-electron chi connectivity index (χ4n) is 4.74. The maximum atomic E-state index is 13.5. The number of hydrogen-bond donors (Lipinski definition) is 1. The Morgan fingerprint density at radius 2 is 1.71 bits per heavy atom. The van der Waals surface area contributed by atoms with Crippen LogP contribution in [0.2, 0.25) is 0 Å². The second kappa shape index (κ2) is 9.51. The molecule has 1 aromatic heterocycles. The van der Waals surface area contributed by atoms with E-state index < -0.39 is 0 Å². The number of rotatable bonds is 6. The molecule has 5 rings (SSSR count). The molecule has 0 radical (unpaired) electrons. The van der Waals surface area contributed by atoms with Gasteiger partial charge in [0, 0.05) is 12.2 Å². The fourth-order valence-corrected chi connectivity index (χ4v) is 4.74. The van der Waals surface area contributed by atoms with E-state index in [4.69, 9.17) is 4.98 Å². The minimum Gasteiger partial charge on any atom is -0.346 e. The molecule has 0 bridgehead atoms. The Hall–Kier alpha value is -3.93. The molecular weight excluding hydrogens is 424 g/mol. The molecule has 0 saturated heterocycles. The van der Waals surface area contributed by atoms with Crippen molar-refractivity contribution in [2.24, 2.45) is 0 Å². The summed E-state index contributed by atoms with van der Waals surface area (Å²) in [5.74, 6) is 0.634. The average molecular weight is 453 g/mol. The van der Waals surface area contributed by atoms with Crippen LogP contribution in [0.25, 0.3) is 11.0 Å². The molecule has 1 N–H and O–H groups in total. The summed E-state index contributed by atoms with van der Waals surface area (Å²) in [6.45, 7) is 2.80. The standard InChI is InChI=1S/C28H28N4O2/c1-20(29-26(33)18-21-10-3-2-4-11-21)28-30-23-14-6-8-16-25(23)32(28)19-27(34)31-17-9-13-22-12-5-7-15-24(22)31/h2-8,10-12,14-16,20H,9,13,17-19H2,1H3,(H,29,33). The van der Waals surface area contributed by atoms with Crippen LogP contribution in [-0.4, -0.2) is 27.9 Å². The zero-order valence-corrected chi connectivity index (χ0v) is 19.3. The minimum atomic E-state index is -0.343. The average Bonchev–Trinajstić information content (AvgIpc) is 3.22. The van der Waals surface area contributed by atoms with E-state index in [-0.39, 0.29) is 24.4 Å². The van der Waals surface area contributed by atoms with Crippen molar-refractivity contribution in [2.75, 3.05) is 11.4 Å². The number of carbonyl (C=O) groups excluding carboxylic acids is 2. The third-order valence-electron chi connectivity index (χ3n) is 6.36. The van der Waals surface area contributed by atoms with Crippen LogP contribution in [0.4, 0.5) is 5.69 Å². The molecule has 2 amide bonds. The van der Waals surface area contributed by atoms with Gasteiger partial charge in [0.15, 0.2) is 0 Å². The van der Waals surface area contributed by atoms with Gasteiger partial charge in [-0.2, -0.15) is 0 Å². The highest BCUT2D eigenvalue weighted by atomic mass is 16.2. The number of anilines is 1. The van der Waals surface area contributed by atoms with Crippen molar-refractivity contribution in [1.82, 2.24) is 14.9 Å². The van der Waals surface area contributed by atoms with E-state index in [1.54, 1.807) is 0 Å². The van der Waals surface area contributed by atoms with Crippen LogP contribution in [0.15, 0.2) is 78.9 Å². The molecule has 6 nitrogen and oxygen atoms in total. The van der Waals surface area contributed by atoms with Crippen molar-refractivity contribution in [3.63, 3.8) is 0 Å². The van der Waals surface area contributed by atoms with Gasteiger partial charge in [0.05, 0.1) is 23.5 Å². The molecule has 2 heterocycles. The molecule has 0 spiro atoms. The normalized spacial score (nSPS) is 14.0. The van der Waals surface area contributed by atoms with Gasteiger partial charge in [-0.15, -0.1) is 0 Å². The lowest BCUT2D eigenvalue weighted by Gasteiger charge is -2.30. The molecule has 6 heteroatoms. The SMILES string of the molecule is CC(NC(=O)Cc1ccccc1)c1nc2ccccc2n1CC(=O)N1CCCc2ccccc21. The Balaban J connectivity index is 1.40. The number of aromatic nitrogens is 2. The fraction of sp³-hybridized carbons (Fsp3) is 0.250. The summed E-state index contributed by atoms with van der Waals surface area (Å²) in [5, 5.41) is 3.07. The lowest BCUT2D eigenvalue weighted by Crippen LogP contribution is -2.38. The van der Waals surface area contributed by atoms with E-state index in [9.17, 15) is 9.59 Å². The molecular formula is C28H28N4O2. The first kappa shape index (κ1) is 21.9. The molecule has 1 atom stereocenters. The first-order valence-corrected chi connectivity index (χ1v) is 11.8. The maximum Gasteiger partial charge on any atom is 0.246 e. The van der Waals surface area contributed by atoms with Crippen molar-refractivity contribution < 1.29 is 9.59 Å². The van der Waals surface area contributed by atoms with Gasteiger partial charge in [-0.1, -0.05) is 60.7 Å². The van der Waals surface area contributed by atoms with Crippen LogP contribution in [-0.2, 0) is 29.0 Å². The highest BCUT2D eigenvalue weighted by molar-refractivity contribution is 5.95. The number of hydrogen-bond acceptors (Lipinski definition) is 3. The summed E-state index contributed by atoms with van der Waals surface area (Å²) >= 11 is 0. The quantitative estimate of drug-likeness (QED) is 0.470. The van der Waals surface area contributed by atoms with Gasteiger partial charge in [-0.3, -0.25) is 9.59 Å². The number of nitrogens with zero attached hydrogens (tertiary/aromatic N) is 3. The highest BCUT2D eigenvalue weighted by Crippen LogP contribution is 2.28. The summed E-state index contributed by atoms with van der Waals surface area (Å²) in [4.78, 5) is 32.9. The van der Waals surface area contributed by atoms with Crippen LogP contribution in [0.1, 0.15) is 36.3 Å². The molecule has 172 valence electrons. The molecule has 1 aliphatic heterocycles. The first-order valence-electron chi connectivity index (χ1n) is 11.8. The molecule has 3 aromatic carbocycles. The van der Waals surface area contributed by atoms with Gasteiger partial charge in [0.25, 0.3) is 0 Å². The van der Waals surface area contributed by atoms with E-state index in [0.29, 0.717) is 18.8 Å². The number of aryl methyl sites for hydroxylation is 1. The molecule has 4 aromatic rings. The van der Waals surface area contributed by atoms with E-state index in [1.807, 2.05) is 89.2 Å². The molecule has 0 aliphatic carbocycles. The summed E-state index contributed by atoms with van der Waals surface area (Å²) < 4.78 is 1.95.